The maximum Gasteiger partial charge on any atom is 0.146 e. The van der Waals surface area contributed by atoms with Crippen molar-refractivity contribution < 1.29 is 4.39 Å². The number of nitrogens with two attached hydrogens (primary N) is 1. The molecule has 0 aromatic heterocycles. The largest absolute Gasteiger partial charge is 0.368 e. The number of hydrogen-bond donors (Lipinski definition) is 1. The number of rotatable bonds is 5. The predicted octanol–water partition coefficient (Wildman–Crippen LogP) is 4.11. The summed E-state index contributed by atoms with van der Waals surface area (Å²) in [5, 5.41) is 0. The van der Waals surface area contributed by atoms with Gasteiger partial charge in [-0.15, -0.1) is 0 Å². The molecular formula is C17H20BrFN2. The van der Waals surface area contributed by atoms with E-state index in [4.69, 9.17) is 5.73 Å². The van der Waals surface area contributed by atoms with E-state index in [1.54, 1.807) is 6.07 Å². The Kier molecular flexibility index (Phi) is 5.37. The van der Waals surface area contributed by atoms with E-state index in [0.29, 0.717) is 18.7 Å². The van der Waals surface area contributed by atoms with E-state index in [9.17, 15) is 4.39 Å². The molecule has 2 aromatic carbocycles. The van der Waals surface area contributed by atoms with Crippen LogP contribution in [0, 0.1) is 5.82 Å². The van der Waals surface area contributed by atoms with E-state index >= 15 is 0 Å². The van der Waals surface area contributed by atoms with Crippen molar-refractivity contribution in [1.82, 2.24) is 0 Å². The first kappa shape index (κ1) is 16.0. The summed E-state index contributed by atoms with van der Waals surface area (Å²) >= 11 is 3.46. The molecule has 21 heavy (non-hydrogen) atoms. The molecule has 0 spiro atoms. The lowest BCUT2D eigenvalue weighted by Gasteiger charge is -2.24. The minimum atomic E-state index is -0.203. The summed E-state index contributed by atoms with van der Waals surface area (Å²) in [6.45, 7) is 2.58. The zero-order chi connectivity index (χ0) is 15.4. The molecule has 4 heteroatoms. The van der Waals surface area contributed by atoms with Crippen molar-refractivity contribution in [1.29, 1.82) is 0 Å². The van der Waals surface area contributed by atoms with Crippen LogP contribution in [0.2, 0.25) is 0 Å². The Hall–Kier alpha value is -1.39. The van der Waals surface area contributed by atoms with E-state index < -0.39 is 0 Å². The highest BCUT2D eigenvalue weighted by Crippen LogP contribution is 2.26. The second-order valence-electron chi connectivity index (χ2n) is 5.41. The molecule has 0 aliphatic carbocycles. The van der Waals surface area contributed by atoms with E-state index in [0.717, 1.165) is 15.6 Å². The molecule has 2 rings (SSSR count). The highest BCUT2D eigenvalue weighted by Gasteiger charge is 2.14. The van der Waals surface area contributed by atoms with Crippen LogP contribution < -0.4 is 10.6 Å². The summed E-state index contributed by atoms with van der Waals surface area (Å²) in [6.07, 6.45) is 0.663. The number of nitrogens with zero attached hydrogens (tertiary/aromatic N) is 1. The van der Waals surface area contributed by atoms with Crippen LogP contribution in [0.15, 0.2) is 46.9 Å². The third-order valence-corrected chi connectivity index (χ3v) is 3.80. The van der Waals surface area contributed by atoms with Gasteiger partial charge in [-0.2, -0.15) is 0 Å². The summed E-state index contributed by atoms with van der Waals surface area (Å²) in [5.41, 5.74) is 8.58. The molecule has 0 saturated carbocycles. The Balaban J connectivity index is 2.27. The summed E-state index contributed by atoms with van der Waals surface area (Å²) in [4.78, 5) is 1.94. The van der Waals surface area contributed by atoms with E-state index in [2.05, 4.69) is 15.9 Å². The molecular weight excluding hydrogens is 331 g/mol. The SMILES string of the molecule is CC(N)Cc1cccc(F)c1N(C)Cc1cccc(Br)c1. The van der Waals surface area contributed by atoms with Gasteiger partial charge >= 0.3 is 0 Å². The molecule has 2 nitrogen and oxygen atoms in total. The van der Waals surface area contributed by atoms with Crippen LogP contribution in [0.3, 0.4) is 0 Å². The van der Waals surface area contributed by atoms with Crippen molar-refractivity contribution in [3.63, 3.8) is 0 Å². The lowest BCUT2D eigenvalue weighted by Crippen LogP contribution is -2.23. The monoisotopic (exact) mass is 350 g/mol. The molecule has 0 amide bonds. The van der Waals surface area contributed by atoms with Gasteiger partial charge in [-0.3, -0.25) is 0 Å². The van der Waals surface area contributed by atoms with Gasteiger partial charge in [-0.25, -0.2) is 4.39 Å². The van der Waals surface area contributed by atoms with Crippen LogP contribution in [0.1, 0.15) is 18.1 Å². The smallest absolute Gasteiger partial charge is 0.146 e. The van der Waals surface area contributed by atoms with E-state index in [1.165, 1.54) is 6.07 Å². The van der Waals surface area contributed by atoms with Crippen molar-refractivity contribution in [3.05, 3.63) is 63.9 Å². The number of halogens is 2. The van der Waals surface area contributed by atoms with Gasteiger partial charge in [-0.05, 0) is 42.7 Å². The first-order chi connectivity index (χ1) is 9.97. The molecule has 0 aliphatic rings. The lowest BCUT2D eigenvalue weighted by atomic mass is 10.0. The van der Waals surface area contributed by atoms with Crippen LogP contribution in [-0.2, 0) is 13.0 Å². The standard InChI is InChI=1S/C17H20BrFN2/c1-12(20)9-14-6-4-8-16(19)17(14)21(2)11-13-5-3-7-15(18)10-13/h3-8,10,12H,9,11,20H2,1-2H3. The Morgan fingerprint density at radius 1 is 1.24 bits per heavy atom. The molecule has 0 bridgehead atoms. The van der Waals surface area contributed by atoms with Crippen LogP contribution in [-0.4, -0.2) is 13.1 Å². The molecule has 2 N–H and O–H groups in total. The van der Waals surface area contributed by atoms with Crippen LogP contribution >= 0.6 is 15.9 Å². The van der Waals surface area contributed by atoms with Gasteiger partial charge in [-0.1, -0.05) is 40.2 Å². The minimum Gasteiger partial charge on any atom is -0.368 e. The summed E-state index contributed by atoms with van der Waals surface area (Å²) in [7, 11) is 1.91. The Morgan fingerprint density at radius 3 is 2.62 bits per heavy atom. The number of benzene rings is 2. The van der Waals surface area contributed by atoms with Crippen molar-refractivity contribution >= 4 is 21.6 Å². The molecule has 0 radical (unpaired) electrons. The molecule has 1 unspecified atom stereocenters. The minimum absolute atomic E-state index is 0.00446. The fraction of sp³-hybridized carbons (Fsp3) is 0.294. The number of anilines is 1. The molecule has 0 fully saturated rings. The second-order valence-corrected chi connectivity index (χ2v) is 6.33. The predicted molar refractivity (Wildman–Crippen MR) is 90.0 cm³/mol. The molecule has 2 aromatic rings. The summed E-state index contributed by atoms with van der Waals surface area (Å²) in [6, 6.07) is 13.2. The average molecular weight is 351 g/mol. The third kappa shape index (κ3) is 4.29. The van der Waals surface area contributed by atoms with Gasteiger partial charge in [0.2, 0.25) is 0 Å². The van der Waals surface area contributed by atoms with E-state index in [1.807, 2.05) is 49.2 Å². The Bertz CT molecular complexity index is 613. The van der Waals surface area contributed by atoms with Crippen LogP contribution in [0.4, 0.5) is 10.1 Å². The van der Waals surface area contributed by atoms with Crippen molar-refractivity contribution in [2.24, 2.45) is 5.73 Å². The first-order valence-electron chi connectivity index (χ1n) is 6.96. The molecule has 0 saturated heterocycles. The Morgan fingerprint density at radius 2 is 1.95 bits per heavy atom. The van der Waals surface area contributed by atoms with Gasteiger partial charge < -0.3 is 10.6 Å². The normalized spacial score (nSPS) is 12.2. The van der Waals surface area contributed by atoms with Gasteiger partial charge in [0, 0.05) is 24.1 Å². The van der Waals surface area contributed by atoms with Gasteiger partial charge in [0.25, 0.3) is 0 Å². The highest BCUT2D eigenvalue weighted by molar-refractivity contribution is 9.10. The molecule has 1 atom stereocenters. The lowest BCUT2D eigenvalue weighted by molar-refractivity contribution is 0.616. The third-order valence-electron chi connectivity index (χ3n) is 3.30. The van der Waals surface area contributed by atoms with Crippen LogP contribution in [0.25, 0.3) is 0 Å². The zero-order valence-electron chi connectivity index (χ0n) is 12.3. The Labute approximate surface area is 133 Å². The molecule has 112 valence electrons. The first-order valence-corrected chi connectivity index (χ1v) is 7.75. The van der Waals surface area contributed by atoms with Crippen molar-refractivity contribution in [3.8, 4) is 0 Å². The second kappa shape index (κ2) is 7.05. The average Bonchev–Trinajstić information content (AvgIpc) is 2.37. The fourth-order valence-corrected chi connectivity index (χ4v) is 2.93. The topological polar surface area (TPSA) is 29.3 Å². The van der Waals surface area contributed by atoms with Crippen LogP contribution in [0.5, 0.6) is 0 Å². The summed E-state index contributed by atoms with van der Waals surface area (Å²) in [5.74, 6) is -0.203. The molecule has 0 heterocycles. The quantitative estimate of drug-likeness (QED) is 0.878. The van der Waals surface area contributed by atoms with E-state index in [-0.39, 0.29) is 11.9 Å². The number of para-hydroxylation sites is 1. The number of hydrogen-bond acceptors (Lipinski definition) is 2. The van der Waals surface area contributed by atoms with Crippen molar-refractivity contribution in [2.45, 2.75) is 25.9 Å². The van der Waals surface area contributed by atoms with Gasteiger partial charge in [0.15, 0.2) is 0 Å². The summed E-state index contributed by atoms with van der Waals surface area (Å²) < 4.78 is 15.3. The fourth-order valence-electron chi connectivity index (χ4n) is 2.49. The molecule has 0 aliphatic heterocycles. The highest BCUT2D eigenvalue weighted by atomic mass is 79.9. The maximum atomic E-state index is 14.2. The van der Waals surface area contributed by atoms with Gasteiger partial charge in [0.1, 0.15) is 5.82 Å². The maximum absolute atomic E-state index is 14.2. The zero-order valence-corrected chi connectivity index (χ0v) is 13.9. The van der Waals surface area contributed by atoms with Gasteiger partial charge in [0.05, 0.1) is 5.69 Å². The van der Waals surface area contributed by atoms with Crippen molar-refractivity contribution in [2.75, 3.05) is 11.9 Å².